The minimum absolute atomic E-state index is 0.213. The van der Waals surface area contributed by atoms with Gasteiger partial charge in [0, 0.05) is 16.3 Å². The molecule has 2 saturated carbocycles. The average Bonchev–Trinajstić information content (AvgIpc) is 3.03. The van der Waals surface area contributed by atoms with E-state index in [1.807, 2.05) is 12.1 Å². The van der Waals surface area contributed by atoms with Crippen LogP contribution in [0.4, 0.5) is 0 Å². The molecule has 4 heteroatoms. The molecule has 2 nitrogen and oxygen atoms in total. The molecule has 0 unspecified atom stereocenters. The lowest BCUT2D eigenvalue weighted by atomic mass is 9.95. The van der Waals surface area contributed by atoms with Gasteiger partial charge in [-0.15, -0.1) is 11.8 Å². The molecule has 3 rings (SSSR count). The first-order valence-corrected chi connectivity index (χ1v) is 9.27. The Bertz CT molecular complexity index is 476. The Balaban J connectivity index is 1.38. The molecular weight excluding hydrogens is 334 g/mol. The number of halogens is 1. The molecule has 0 spiro atoms. The fraction of sp³-hybridized carbons (Fsp3) is 0.562. The number of nitrogens with one attached hydrogen (secondary N) is 1. The number of benzene rings is 1. The fourth-order valence-electron chi connectivity index (χ4n) is 3.51. The summed E-state index contributed by atoms with van der Waals surface area (Å²) < 4.78 is 1.10. The van der Waals surface area contributed by atoms with E-state index in [9.17, 15) is 4.79 Å². The van der Waals surface area contributed by atoms with Crippen molar-refractivity contribution >= 4 is 33.6 Å². The van der Waals surface area contributed by atoms with Crippen molar-refractivity contribution in [3.63, 3.8) is 0 Å². The van der Waals surface area contributed by atoms with Crippen molar-refractivity contribution in [1.82, 2.24) is 5.32 Å². The molecule has 1 amide bonds. The highest BCUT2D eigenvalue weighted by Crippen LogP contribution is 2.44. The molecule has 1 N–H and O–H groups in total. The Labute approximate surface area is 133 Å². The van der Waals surface area contributed by atoms with Gasteiger partial charge < -0.3 is 5.32 Å². The van der Waals surface area contributed by atoms with Crippen LogP contribution in [0.25, 0.3) is 0 Å². The van der Waals surface area contributed by atoms with E-state index in [4.69, 9.17) is 0 Å². The van der Waals surface area contributed by atoms with Crippen molar-refractivity contribution in [2.45, 2.75) is 37.5 Å². The van der Waals surface area contributed by atoms with Gasteiger partial charge in [-0.05, 0) is 48.8 Å². The van der Waals surface area contributed by atoms with Gasteiger partial charge in [-0.25, -0.2) is 0 Å². The molecule has 0 saturated heterocycles. The van der Waals surface area contributed by atoms with Crippen LogP contribution in [0.15, 0.2) is 28.7 Å². The van der Waals surface area contributed by atoms with E-state index in [1.54, 1.807) is 11.8 Å². The largest absolute Gasteiger partial charge is 0.352 e. The summed E-state index contributed by atoms with van der Waals surface area (Å²) in [6.45, 7) is 0. The normalized spacial score (nSPS) is 27.8. The Morgan fingerprint density at radius 3 is 2.70 bits per heavy atom. The number of hydrogen-bond acceptors (Lipinski definition) is 2. The predicted octanol–water partition coefficient (Wildman–Crippen LogP) is 3.99. The number of hydrogen-bond donors (Lipinski definition) is 1. The van der Waals surface area contributed by atoms with Crippen molar-refractivity contribution in [2.75, 3.05) is 5.75 Å². The third kappa shape index (κ3) is 3.59. The molecule has 2 aliphatic carbocycles. The zero-order valence-electron chi connectivity index (χ0n) is 11.5. The smallest absolute Gasteiger partial charge is 0.230 e. The van der Waals surface area contributed by atoms with Crippen LogP contribution in [0.5, 0.6) is 0 Å². The van der Waals surface area contributed by atoms with Gasteiger partial charge in [-0.3, -0.25) is 4.79 Å². The number of thioether (sulfide) groups is 1. The lowest BCUT2D eigenvalue weighted by Gasteiger charge is -2.22. The van der Waals surface area contributed by atoms with Gasteiger partial charge in [0.25, 0.3) is 0 Å². The minimum Gasteiger partial charge on any atom is -0.352 e. The monoisotopic (exact) mass is 353 g/mol. The van der Waals surface area contributed by atoms with Crippen LogP contribution in [0.2, 0.25) is 0 Å². The van der Waals surface area contributed by atoms with Crippen LogP contribution in [0, 0.1) is 11.8 Å². The molecule has 2 fully saturated rings. The van der Waals surface area contributed by atoms with E-state index >= 15 is 0 Å². The van der Waals surface area contributed by atoms with Gasteiger partial charge in [0.2, 0.25) is 5.91 Å². The van der Waals surface area contributed by atoms with E-state index in [1.165, 1.54) is 31.2 Å². The maximum absolute atomic E-state index is 12.0. The summed E-state index contributed by atoms with van der Waals surface area (Å²) in [7, 11) is 0. The summed E-state index contributed by atoms with van der Waals surface area (Å²) in [5.74, 6) is 3.34. The van der Waals surface area contributed by atoms with E-state index < -0.39 is 0 Å². The maximum Gasteiger partial charge on any atom is 0.230 e. The van der Waals surface area contributed by atoms with Crippen LogP contribution >= 0.6 is 27.7 Å². The molecule has 0 aromatic heterocycles. The summed E-state index contributed by atoms with van der Waals surface area (Å²) >= 11 is 5.13. The molecule has 108 valence electrons. The summed E-state index contributed by atoms with van der Waals surface area (Å²) in [6.07, 6.45) is 5.27. The van der Waals surface area contributed by atoms with Crippen molar-refractivity contribution in [2.24, 2.45) is 11.8 Å². The van der Waals surface area contributed by atoms with Crippen molar-refractivity contribution < 1.29 is 4.79 Å². The molecule has 3 atom stereocenters. The van der Waals surface area contributed by atoms with E-state index in [0.717, 1.165) is 22.1 Å². The Morgan fingerprint density at radius 2 is 2.05 bits per heavy atom. The highest BCUT2D eigenvalue weighted by molar-refractivity contribution is 9.10. The SMILES string of the molecule is O=C(CSCc1ccc(Br)cc1)N[C@H]1C[C@@H]2CC[C@@H]1C2. The number of amides is 1. The second-order valence-electron chi connectivity index (χ2n) is 5.97. The highest BCUT2D eigenvalue weighted by atomic mass is 79.9. The van der Waals surface area contributed by atoms with Gasteiger partial charge in [0.15, 0.2) is 0 Å². The summed E-state index contributed by atoms with van der Waals surface area (Å²) in [5, 5.41) is 3.24. The molecule has 2 bridgehead atoms. The summed E-state index contributed by atoms with van der Waals surface area (Å²) in [5.41, 5.74) is 1.27. The second kappa shape index (κ2) is 6.52. The minimum atomic E-state index is 0.213. The van der Waals surface area contributed by atoms with Crippen molar-refractivity contribution in [3.8, 4) is 0 Å². The van der Waals surface area contributed by atoms with Crippen LogP contribution < -0.4 is 5.32 Å². The Hall–Kier alpha value is -0.480. The molecule has 1 aromatic carbocycles. The van der Waals surface area contributed by atoms with Gasteiger partial charge in [0.05, 0.1) is 5.75 Å². The van der Waals surface area contributed by atoms with E-state index in [2.05, 4.69) is 33.4 Å². The number of carbonyl (C=O) groups is 1. The first-order valence-electron chi connectivity index (χ1n) is 7.32. The number of carbonyl (C=O) groups excluding carboxylic acids is 1. The van der Waals surface area contributed by atoms with Crippen LogP contribution in [0.3, 0.4) is 0 Å². The van der Waals surface area contributed by atoms with Gasteiger partial charge in [-0.1, -0.05) is 34.5 Å². The van der Waals surface area contributed by atoms with Crippen LogP contribution in [-0.4, -0.2) is 17.7 Å². The zero-order chi connectivity index (χ0) is 13.9. The lowest BCUT2D eigenvalue weighted by molar-refractivity contribution is -0.119. The molecule has 0 radical (unpaired) electrons. The molecule has 1 aromatic rings. The Morgan fingerprint density at radius 1 is 1.25 bits per heavy atom. The quantitative estimate of drug-likeness (QED) is 0.866. The third-order valence-corrected chi connectivity index (χ3v) is 6.03. The zero-order valence-corrected chi connectivity index (χ0v) is 13.9. The average molecular weight is 354 g/mol. The number of rotatable bonds is 5. The van der Waals surface area contributed by atoms with Gasteiger partial charge >= 0.3 is 0 Å². The standard InChI is InChI=1S/C16H20BrNOS/c17-14-5-2-11(3-6-14)9-20-10-16(19)18-15-8-12-1-4-13(15)7-12/h2-3,5-6,12-13,15H,1,4,7-10H2,(H,18,19)/t12-,13-,15+/m1/s1. The first kappa shape index (κ1) is 14.5. The summed E-state index contributed by atoms with van der Waals surface area (Å²) in [6, 6.07) is 8.77. The number of fused-ring (bicyclic) bond motifs is 2. The molecule has 0 aliphatic heterocycles. The second-order valence-corrected chi connectivity index (χ2v) is 7.87. The molecule has 2 aliphatic rings. The highest BCUT2D eigenvalue weighted by Gasteiger charge is 2.39. The van der Waals surface area contributed by atoms with Crippen molar-refractivity contribution in [1.29, 1.82) is 0 Å². The molecule has 20 heavy (non-hydrogen) atoms. The topological polar surface area (TPSA) is 29.1 Å². The fourth-order valence-corrected chi connectivity index (χ4v) is 4.58. The van der Waals surface area contributed by atoms with Crippen LogP contribution in [-0.2, 0) is 10.5 Å². The first-order chi connectivity index (χ1) is 9.70. The predicted molar refractivity (Wildman–Crippen MR) is 87.7 cm³/mol. The third-order valence-electron chi connectivity index (χ3n) is 4.50. The van der Waals surface area contributed by atoms with Gasteiger partial charge in [-0.2, -0.15) is 0 Å². The molecule has 0 heterocycles. The maximum atomic E-state index is 12.0. The van der Waals surface area contributed by atoms with Gasteiger partial charge in [0.1, 0.15) is 0 Å². The molecular formula is C16H20BrNOS. The van der Waals surface area contributed by atoms with E-state index in [-0.39, 0.29) is 5.91 Å². The van der Waals surface area contributed by atoms with Crippen LogP contribution in [0.1, 0.15) is 31.2 Å². The lowest BCUT2D eigenvalue weighted by Crippen LogP contribution is -2.39. The van der Waals surface area contributed by atoms with E-state index in [0.29, 0.717) is 11.8 Å². The Kier molecular flexibility index (Phi) is 4.72. The summed E-state index contributed by atoms with van der Waals surface area (Å²) in [4.78, 5) is 12.0. The van der Waals surface area contributed by atoms with Crippen molar-refractivity contribution in [3.05, 3.63) is 34.3 Å².